The first kappa shape index (κ1) is 13.6. The second-order valence-corrected chi connectivity index (χ2v) is 5.11. The number of ether oxygens (including phenoxy) is 1. The molecule has 0 saturated carbocycles. The van der Waals surface area contributed by atoms with E-state index in [0.29, 0.717) is 12.2 Å². The van der Waals surface area contributed by atoms with Crippen molar-refractivity contribution >= 4 is 5.91 Å². The molecule has 1 aliphatic heterocycles. The van der Waals surface area contributed by atoms with Gasteiger partial charge in [-0.3, -0.25) is 4.79 Å². The molecule has 2 aromatic carbocycles. The smallest absolute Gasteiger partial charge is 0.254 e. The number of para-hydroxylation sites is 1. The van der Waals surface area contributed by atoms with Crippen LogP contribution in [0.15, 0.2) is 48.5 Å². The summed E-state index contributed by atoms with van der Waals surface area (Å²) in [6.45, 7) is 0.586. The Balaban J connectivity index is 1.87. The van der Waals surface area contributed by atoms with Gasteiger partial charge >= 0.3 is 0 Å². The summed E-state index contributed by atoms with van der Waals surface area (Å²) >= 11 is 0. The topological polar surface area (TPSA) is 29.5 Å². The molecule has 1 heterocycles. The highest BCUT2D eigenvalue weighted by Crippen LogP contribution is 2.35. The summed E-state index contributed by atoms with van der Waals surface area (Å²) < 4.78 is 18.6. The van der Waals surface area contributed by atoms with Gasteiger partial charge in [0.25, 0.3) is 5.91 Å². The predicted octanol–water partition coefficient (Wildman–Crippen LogP) is 3.42. The maximum atomic E-state index is 13.0. The fourth-order valence-corrected chi connectivity index (χ4v) is 2.66. The molecule has 21 heavy (non-hydrogen) atoms. The average Bonchev–Trinajstić information content (AvgIpc) is 2.53. The molecule has 1 amide bonds. The minimum atomic E-state index is -0.342. The minimum absolute atomic E-state index is 0.0208. The van der Waals surface area contributed by atoms with E-state index < -0.39 is 0 Å². The molecule has 3 rings (SSSR count). The highest BCUT2D eigenvalue weighted by Gasteiger charge is 2.28. The summed E-state index contributed by atoms with van der Waals surface area (Å²) in [5.41, 5.74) is 1.50. The number of halogens is 1. The Morgan fingerprint density at radius 3 is 2.67 bits per heavy atom. The molecule has 2 aromatic rings. The number of fused-ring (bicyclic) bond motifs is 1. The van der Waals surface area contributed by atoms with Crippen molar-refractivity contribution in [1.29, 1.82) is 0 Å². The van der Waals surface area contributed by atoms with Crippen molar-refractivity contribution in [2.45, 2.75) is 12.5 Å². The molecule has 1 atom stereocenters. The lowest BCUT2D eigenvalue weighted by Gasteiger charge is -2.33. The van der Waals surface area contributed by atoms with Crippen molar-refractivity contribution in [3.8, 4) is 5.75 Å². The molecule has 3 nitrogen and oxygen atoms in total. The number of hydrogen-bond donors (Lipinski definition) is 0. The Morgan fingerprint density at radius 2 is 1.90 bits per heavy atom. The Kier molecular flexibility index (Phi) is 3.60. The number of amides is 1. The van der Waals surface area contributed by atoms with E-state index in [-0.39, 0.29) is 17.8 Å². The number of rotatable bonds is 2. The second-order valence-electron chi connectivity index (χ2n) is 5.11. The van der Waals surface area contributed by atoms with Gasteiger partial charge in [-0.15, -0.1) is 0 Å². The molecule has 0 N–H and O–H groups in total. The van der Waals surface area contributed by atoms with E-state index in [0.717, 1.165) is 17.7 Å². The SMILES string of the molecule is CN(C(=O)c1ccc(F)cc1)C1CCOc2ccccc21. The fraction of sp³-hybridized carbons (Fsp3) is 0.235. The lowest BCUT2D eigenvalue weighted by Crippen LogP contribution is -2.34. The molecule has 108 valence electrons. The zero-order valence-corrected chi connectivity index (χ0v) is 11.8. The van der Waals surface area contributed by atoms with Crippen LogP contribution >= 0.6 is 0 Å². The average molecular weight is 285 g/mol. The van der Waals surface area contributed by atoms with Crippen LogP contribution in [0.25, 0.3) is 0 Å². The molecular weight excluding hydrogens is 269 g/mol. The van der Waals surface area contributed by atoms with Crippen LogP contribution in [-0.2, 0) is 0 Å². The van der Waals surface area contributed by atoms with Crippen LogP contribution in [0.5, 0.6) is 5.75 Å². The zero-order chi connectivity index (χ0) is 14.8. The predicted molar refractivity (Wildman–Crippen MR) is 77.8 cm³/mol. The molecule has 0 aliphatic carbocycles. The van der Waals surface area contributed by atoms with Gasteiger partial charge < -0.3 is 9.64 Å². The largest absolute Gasteiger partial charge is 0.493 e. The van der Waals surface area contributed by atoms with Crippen molar-refractivity contribution in [1.82, 2.24) is 4.90 Å². The van der Waals surface area contributed by atoms with Crippen LogP contribution in [0.4, 0.5) is 4.39 Å². The summed E-state index contributed by atoms with van der Waals surface area (Å²) in [6.07, 6.45) is 0.750. The molecule has 4 heteroatoms. The highest BCUT2D eigenvalue weighted by molar-refractivity contribution is 5.94. The molecule has 0 aromatic heterocycles. The lowest BCUT2D eigenvalue weighted by atomic mass is 9.98. The normalized spacial score (nSPS) is 16.8. The summed E-state index contributed by atoms with van der Waals surface area (Å²) in [4.78, 5) is 14.2. The zero-order valence-electron chi connectivity index (χ0n) is 11.8. The van der Waals surface area contributed by atoms with Crippen LogP contribution < -0.4 is 4.74 Å². The highest BCUT2D eigenvalue weighted by atomic mass is 19.1. The molecular formula is C17H16FNO2. The van der Waals surface area contributed by atoms with Crippen LogP contribution in [-0.4, -0.2) is 24.5 Å². The third-order valence-corrected chi connectivity index (χ3v) is 3.81. The first-order valence-corrected chi connectivity index (χ1v) is 6.91. The Labute approximate surface area is 123 Å². The quantitative estimate of drug-likeness (QED) is 0.846. The van der Waals surface area contributed by atoms with E-state index >= 15 is 0 Å². The van der Waals surface area contributed by atoms with Gasteiger partial charge in [0.15, 0.2) is 0 Å². The summed E-state index contributed by atoms with van der Waals surface area (Å²) in [7, 11) is 1.78. The summed E-state index contributed by atoms with van der Waals surface area (Å²) in [6, 6.07) is 13.4. The van der Waals surface area contributed by atoms with Crippen LogP contribution in [0.3, 0.4) is 0 Å². The number of benzene rings is 2. The maximum absolute atomic E-state index is 13.0. The lowest BCUT2D eigenvalue weighted by molar-refractivity contribution is 0.0686. The third kappa shape index (κ3) is 2.61. The summed E-state index contributed by atoms with van der Waals surface area (Å²) in [5, 5.41) is 0. The van der Waals surface area contributed by atoms with Crippen molar-refractivity contribution in [3.63, 3.8) is 0 Å². The van der Waals surface area contributed by atoms with E-state index in [2.05, 4.69) is 0 Å². The van der Waals surface area contributed by atoms with E-state index in [9.17, 15) is 9.18 Å². The van der Waals surface area contributed by atoms with E-state index in [1.54, 1.807) is 11.9 Å². The van der Waals surface area contributed by atoms with Crippen molar-refractivity contribution < 1.29 is 13.9 Å². The van der Waals surface area contributed by atoms with Gasteiger partial charge in [0, 0.05) is 24.6 Å². The number of carbonyl (C=O) groups excluding carboxylic acids is 1. The molecule has 0 saturated heterocycles. The molecule has 1 aliphatic rings. The van der Waals surface area contributed by atoms with Crippen molar-refractivity contribution in [3.05, 3.63) is 65.5 Å². The summed E-state index contributed by atoms with van der Waals surface area (Å²) in [5.74, 6) is 0.370. The van der Waals surface area contributed by atoms with Crippen molar-refractivity contribution in [2.75, 3.05) is 13.7 Å². The first-order valence-electron chi connectivity index (χ1n) is 6.91. The molecule has 0 spiro atoms. The molecule has 1 unspecified atom stereocenters. The van der Waals surface area contributed by atoms with Crippen LogP contribution in [0.1, 0.15) is 28.4 Å². The van der Waals surface area contributed by atoms with E-state index in [4.69, 9.17) is 4.74 Å². The number of nitrogens with zero attached hydrogens (tertiary/aromatic N) is 1. The van der Waals surface area contributed by atoms with Gasteiger partial charge in [0.05, 0.1) is 12.6 Å². The molecule has 0 fully saturated rings. The molecule has 0 bridgehead atoms. The standard InChI is InChI=1S/C17H16FNO2/c1-19(17(20)12-6-8-13(18)9-7-12)15-10-11-21-16-5-3-2-4-14(15)16/h2-9,15H,10-11H2,1H3. The number of carbonyl (C=O) groups is 1. The van der Waals surface area contributed by atoms with Gasteiger partial charge in [-0.2, -0.15) is 0 Å². The Morgan fingerprint density at radius 1 is 1.19 bits per heavy atom. The fourth-order valence-electron chi connectivity index (χ4n) is 2.66. The van der Waals surface area contributed by atoms with Gasteiger partial charge in [0.1, 0.15) is 11.6 Å². The van der Waals surface area contributed by atoms with E-state index in [1.807, 2.05) is 24.3 Å². The van der Waals surface area contributed by atoms with Crippen LogP contribution in [0, 0.1) is 5.82 Å². The van der Waals surface area contributed by atoms with Crippen molar-refractivity contribution in [2.24, 2.45) is 0 Å². The Hall–Kier alpha value is -2.36. The second kappa shape index (κ2) is 5.56. The van der Waals surface area contributed by atoms with Gasteiger partial charge in [0.2, 0.25) is 0 Å². The van der Waals surface area contributed by atoms with E-state index in [1.165, 1.54) is 24.3 Å². The number of hydrogen-bond acceptors (Lipinski definition) is 2. The Bertz CT molecular complexity index is 654. The van der Waals surface area contributed by atoms with Gasteiger partial charge in [-0.1, -0.05) is 18.2 Å². The molecule has 0 radical (unpaired) electrons. The minimum Gasteiger partial charge on any atom is -0.493 e. The van der Waals surface area contributed by atoms with Gasteiger partial charge in [-0.25, -0.2) is 4.39 Å². The van der Waals surface area contributed by atoms with Crippen LogP contribution in [0.2, 0.25) is 0 Å². The maximum Gasteiger partial charge on any atom is 0.254 e. The monoisotopic (exact) mass is 285 g/mol. The van der Waals surface area contributed by atoms with Gasteiger partial charge in [-0.05, 0) is 30.3 Å². The first-order chi connectivity index (χ1) is 10.2. The third-order valence-electron chi connectivity index (χ3n) is 3.81.